The Hall–Kier alpha value is -2.18. The SMILES string of the molecule is CNc1nc(C(F)F)cc2cnc(N[C@H]3CCN(S(C)(=O)=O)C[C@H]3O)nc12. The van der Waals surface area contributed by atoms with Gasteiger partial charge in [0.2, 0.25) is 16.0 Å². The summed E-state index contributed by atoms with van der Waals surface area (Å²) >= 11 is 0. The molecule has 3 heterocycles. The van der Waals surface area contributed by atoms with Crippen LogP contribution in [0, 0.1) is 0 Å². The van der Waals surface area contributed by atoms with Crippen LogP contribution in [-0.2, 0) is 10.0 Å². The zero-order valence-electron chi connectivity index (χ0n) is 14.7. The Morgan fingerprint density at radius 3 is 2.70 bits per heavy atom. The molecule has 0 aliphatic carbocycles. The van der Waals surface area contributed by atoms with Crippen molar-refractivity contribution in [2.24, 2.45) is 0 Å². The van der Waals surface area contributed by atoms with E-state index in [0.717, 1.165) is 6.26 Å². The fraction of sp³-hybridized carbons (Fsp3) is 0.533. The molecule has 0 spiro atoms. The fourth-order valence-electron chi connectivity index (χ4n) is 2.95. The summed E-state index contributed by atoms with van der Waals surface area (Å²) in [7, 11) is -1.82. The van der Waals surface area contributed by atoms with E-state index in [-0.39, 0.29) is 30.5 Å². The Bertz CT molecular complexity index is 943. The minimum absolute atomic E-state index is 0.0227. The fourth-order valence-corrected chi connectivity index (χ4v) is 3.81. The van der Waals surface area contributed by atoms with Gasteiger partial charge in [-0.05, 0) is 12.5 Å². The van der Waals surface area contributed by atoms with Crippen LogP contribution in [-0.4, -0.2) is 71.3 Å². The first-order valence-corrected chi connectivity index (χ1v) is 10.1. The lowest BCUT2D eigenvalue weighted by Crippen LogP contribution is -2.51. The highest BCUT2D eigenvalue weighted by Gasteiger charge is 2.32. The molecule has 0 bridgehead atoms. The van der Waals surface area contributed by atoms with Crippen molar-refractivity contribution in [3.63, 3.8) is 0 Å². The van der Waals surface area contributed by atoms with Gasteiger partial charge in [0.25, 0.3) is 6.43 Å². The molecular formula is C15H20F2N6O3S. The van der Waals surface area contributed by atoms with E-state index in [9.17, 15) is 22.3 Å². The number of nitrogens with zero attached hydrogens (tertiary/aromatic N) is 4. The monoisotopic (exact) mass is 402 g/mol. The molecule has 1 fully saturated rings. The number of fused-ring (bicyclic) bond motifs is 1. The van der Waals surface area contributed by atoms with Crippen LogP contribution in [0.3, 0.4) is 0 Å². The Labute approximate surface area is 154 Å². The number of alkyl halides is 2. The Morgan fingerprint density at radius 1 is 1.37 bits per heavy atom. The van der Waals surface area contributed by atoms with Crippen LogP contribution < -0.4 is 10.6 Å². The topological polar surface area (TPSA) is 120 Å². The number of aliphatic hydroxyl groups is 1. The standard InChI is InChI=1S/C15H20F2N6O3S/c1-18-14-12-8(5-10(20-14)13(16)17)6-19-15(22-12)21-9-3-4-23(7-11(9)24)27(2,25)26/h5-6,9,11,13,24H,3-4,7H2,1-2H3,(H,18,20)(H,19,21,22)/t9-,11+/m0/s1. The predicted molar refractivity (Wildman–Crippen MR) is 96.3 cm³/mol. The number of piperidine rings is 1. The van der Waals surface area contributed by atoms with Gasteiger partial charge in [-0.15, -0.1) is 0 Å². The molecule has 2 atom stereocenters. The van der Waals surface area contributed by atoms with E-state index in [0.29, 0.717) is 17.3 Å². The molecule has 0 unspecified atom stereocenters. The van der Waals surface area contributed by atoms with E-state index in [1.54, 1.807) is 7.05 Å². The third-order valence-electron chi connectivity index (χ3n) is 4.37. The van der Waals surface area contributed by atoms with Crippen molar-refractivity contribution in [1.82, 2.24) is 19.3 Å². The zero-order valence-corrected chi connectivity index (χ0v) is 15.5. The largest absolute Gasteiger partial charge is 0.390 e. The zero-order chi connectivity index (χ0) is 19.8. The first-order chi connectivity index (χ1) is 12.7. The van der Waals surface area contributed by atoms with Gasteiger partial charge in [-0.25, -0.2) is 32.2 Å². The van der Waals surface area contributed by atoms with Gasteiger partial charge in [0.1, 0.15) is 11.2 Å². The lowest BCUT2D eigenvalue weighted by atomic mass is 10.0. The Morgan fingerprint density at radius 2 is 2.11 bits per heavy atom. The molecule has 12 heteroatoms. The number of β-amino-alcohol motifs (C(OH)–C–C–N with tert-alkyl or cyclic N) is 1. The van der Waals surface area contributed by atoms with Crippen LogP contribution in [0.5, 0.6) is 0 Å². The molecule has 1 aliphatic heterocycles. The van der Waals surface area contributed by atoms with Crippen LogP contribution in [0.2, 0.25) is 0 Å². The predicted octanol–water partition coefficient (Wildman–Crippen LogP) is 0.811. The maximum atomic E-state index is 12.9. The maximum absolute atomic E-state index is 12.9. The Balaban J connectivity index is 1.83. The Kier molecular flexibility index (Phi) is 5.40. The average molecular weight is 402 g/mol. The summed E-state index contributed by atoms with van der Waals surface area (Å²) < 4.78 is 50.3. The average Bonchev–Trinajstić information content (AvgIpc) is 2.61. The van der Waals surface area contributed by atoms with E-state index in [1.807, 2.05) is 0 Å². The second kappa shape index (κ2) is 7.44. The van der Waals surface area contributed by atoms with Gasteiger partial charge in [-0.2, -0.15) is 4.31 Å². The molecule has 1 aliphatic rings. The van der Waals surface area contributed by atoms with E-state index in [1.165, 1.54) is 16.6 Å². The van der Waals surface area contributed by atoms with Crippen LogP contribution in [0.1, 0.15) is 18.5 Å². The van der Waals surface area contributed by atoms with Gasteiger partial charge < -0.3 is 15.7 Å². The van der Waals surface area contributed by atoms with Gasteiger partial charge in [-0.1, -0.05) is 0 Å². The molecule has 0 aromatic carbocycles. The van der Waals surface area contributed by atoms with Gasteiger partial charge in [0.15, 0.2) is 5.82 Å². The minimum atomic E-state index is -3.37. The molecule has 0 saturated carbocycles. The molecular weight excluding hydrogens is 382 g/mol. The number of pyridine rings is 1. The van der Waals surface area contributed by atoms with Crippen LogP contribution in [0.25, 0.3) is 10.9 Å². The van der Waals surface area contributed by atoms with Crippen molar-refractivity contribution in [2.45, 2.75) is 25.0 Å². The van der Waals surface area contributed by atoms with Crippen LogP contribution >= 0.6 is 0 Å². The summed E-state index contributed by atoms with van der Waals surface area (Å²) in [6, 6.07) is 0.788. The highest BCUT2D eigenvalue weighted by molar-refractivity contribution is 7.88. The first kappa shape index (κ1) is 19.6. The molecule has 2 aromatic heterocycles. The van der Waals surface area contributed by atoms with Gasteiger partial charge in [-0.3, -0.25) is 0 Å². The van der Waals surface area contributed by atoms with Gasteiger partial charge in [0.05, 0.1) is 18.4 Å². The van der Waals surface area contributed by atoms with Crippen molar-refractivity contribution < 1.29 is 22.3 Å². The summed E-state index contributed by atoms with van der Waals surface area (Å²) in [5.74, 6) is 0.392. The third-order valence-corrected chi connectivity index (χ3v) is 5.64. The molecule has 2 aromatic rings. The molecule has 3 N–H and O–H groups in total. The number of nitrogens with one attached hydrogen (secondary N) is 2. The van der Waals surface area contributed by atoms with Crippen LogP contribution in [0.15, 0.2) is 12.3 Å². The van der Waals surface area contributed by atoms with Crippen molar-refractivity contribution in [2.75, 3.05) is 37.0 Å². The van der Waals surface area contributed by atoms with E-state index in [4.69, 9.17) is 0 Å². The third kappa shape index (κ3) is 4.22. The van der Waals surface area contributed by atoms with Crippen molar-refractivity contribution in [3.05, 3.63) is 18.0 Å². The van der Waals surface area contributed by atoms with Crippen molar-refractivity contribution in [1.29, 1.82) is 0 Å². The molecule has 3 rings (SSSR count). The van der Waals surface area contributed by atoms with Crippen LogP contribution in [0.4, 0.5) is 20.5 Å². The van der Waals surface area contributed by atoms with E-state index >= 15 is 0 Å². The lowest BCUT2D eigenvalue weighted by molar-refractivity contribution is 0.0951. The summed E-state index contributed by atoms with van der Waals surface area (Å²) in [6.45, 7) is 0.243. The second-order valence-electron chi connectivity index (χ2n) is 6.31. The first-order valence-electron chi connectivity index (χ1n) is 8.22. The summed E-state index contributed by atoms with van der Waals surface area (Å²) in [5, 5.41) is 16.4. The number of hydrogen-bond acceptors (Lipinski definition) is 8. The number of anilines is 2. The number of sulfonamides is 1. The smallest absolute Gasteiger partial charge is 0.280 e. The normalized spacial score (nSPS) is 21.6. The molecule has 27 heavy (non-hydrogen) atoms. The van der Waals surface area contributed by atoms with Crippen molar-refractivity contribution >= 4 is 32.7 Å². The highest BCUT2D eigenvalue weighted by atomic mass is 32.2. The summed E-state index contributed by atoms with van der Waals surface area (Å²) in [6.07, 6.45) is -0.779. The van der Waals surface area contributed by atoms with E-state index in [2.05, 4.69) is 25.6 Å². The summed E-state index contributed by atoms with van der Waals surface area (Å²) in [4.78, 5) is 12.3. The van der Waals surface area contributed by atoms with Gasteiger partial charge >= 0.3 is 0 Å². The molecule has 148 valence electrons. The lowest BCUT2D eigenvalue weighted by Gasteiger charge is -2.34. The molecule has 1 saturated heterocycles. The minimum Gasteiger partial charge on any atom is -0.390 e. The highest BCUT2D eigenvalue weighted by Crippen LogP contribution is 2.26. The number of hydrogen-bond donors (Lipinski definition) is 3. The van der Waals surface area contributed by atoms with E-state index < -0.39 is 28.6 Å². The number of aromatic nitrogens is 3. The summed E-state index contributed by atoms with van der Waals surface area (Å²) in [5.41, 5.74) is -0.0119. The molecule has 0 radical (unpaired) electrons. The van der Waals surface area contributed by atoms with Gasteiger partial charge in [0, 0.05) is 31.7 Å². The number of aliphatic hydroxyl groups excluding tert-OH is 1. The quantitative estimate of drug-likeness (QED) is 0.672. The molecule has 9 nitrogen and oxygen atoms in total. The number of rotatable bonds is 5. The maximum Gasteiger partial charge on any atom is 0.280 e. The molecule has 0 amide bonds. The van der Waals surface area contributed by atoms with Crippen molar-refractivity contribution in [3.8, 4) is 0 Å². The second-order valence-corrected chi connectivity index (χ2v) is 8.29. The number of halogens is 2.